The summed E-state index contributed by atoms with van der Waals surface area (Å²) >= 11 is 2.93. The van der Waals surface area contributed by atoms with E-state index in [4.69, 9.17) is 0 Å². The van der Waals surface area contributed by atoms with Gasteiger partial charge < -0.3 is 5.11 Å². The van der Waals surface area contributed by atoms with E-state index in [0.717, 1.165) is 6.07 Å². The lowest BCUT2D eigenvalue weighted by Crippen LogP contribution is -2.06. The molecule has 0 radical (unpaired) electrons. The number of aromatic hydroxyl groups is 1. The second kappa shape index (κ2) is 3.81. The topological polar surface area (TPSA) is 20.2 Å². The summed E-state index contributed by atoms with van der Waals surface area (Å²) in [5.41, 5.74) is -0.364. The summed E-state index contributed by atoms with van der Waals surface area (Å²) in [7, 11) is 0. The van der Waals surface area contributed by atoms with Crippen LogP contribution in [-0.4, -0.2) is 5.11 Å². The fourth-order valence-electron chi connectivity index (χ4n) is 1.11. The van der Waals surface area contributed by atoms with Crippen molar-refractivity contribution in [2.75, 3.05) is 0 Å². The van der Waals surface area contributed by atoms with Crippen LogP contribution in [0.3, 0.4) is 0 Å². The van der Waals surface area contributed by atoms with Gasteiger partial charge in [0.05, 0.1) is 10.0 Å². The smallest absolute Gasteiger partial charge is 0.419 e. The first-order valence-corrected chi connectivity index (χ1v) is 4.74. The predicted octanol–water partition coefficient (Wildman–Crippen LogP) is 3.74. The van der Waals surface area contributed by atoms with Crippen molar-refractivity contribution >= 4 is 15.9 Å². The van der Waals surface area contributed by atoms with Gasteiger partial charge in [-0.1, -0.05) is 13.0 Å². The fourth-order valence-corrected chi connectivity index (χ4v) is 1.73. The molecule has 1 N–H and O–H groups in total. The molecule has 0 fully saturated rings. The van der Waals surface area contributed by atoms with Gasteiger partial charge in [-0.2, -0.15) is 13.2 Å². The van der Waals surface area contributed by atoms with Gasteiger partial charge in [0.25, 0.3) is 0 Å². The van der Waals surface area contributed by atoms with Gasteiger partial charge >= 0.3 is 6.18 Å². The molecule has 1 rings (SSSR count). The van der Waals surface area contributed by atoms with Crippen LogP contribution in [0.25, 0.3) is 0 Å². The van der Waals surface area contributed by atoms with E-state index in [0.29, 0.717) is 12.0 Å². The predicted molar refractivity (Wildman–Crippen MR) is 50.2 cm³/mol. The first kappa shape index (κ1) is 11.4. The lowest BCUT2D eigenvalue weighted by Gasteiger charge is -2.12. The van der Waals surface area contributed by atoms with E-state index >= 15 is 0 Å². The molecule has 0 aliphatic heterocycles. The maximum absolute atomic E-state index is 12.3. The van der Waals surface area contributed by atoms with Crippen LogP contribution >= 0.6 is 15.9 Å². The van der Waals surface area contributed by atoms with Crippen LogP contribution in [0.2, 0.25) is 0 Å². The average Bonchev–Trinajstić information content (AvgIpc) is 2.07. The zero-order chi connectivity index (χ0) is 10.9. The fraction of sp³-hybridized carbons (Fsp3) is 0.333. The van der Waals surface area contributed by atoms with Gasteiger partial charge in [0.1, 0.15) is 5.75 Å². The molecule has 0 bridgehead atoms. The molecule has 1 aromatic rings. The van der Waals surface area contributed by atoms with Crippen molar-refractivity contribution in [3.05, 3.63) is 27.7 Å². The summed E-state index contributed by atoms with van der Waals surface area (Å²) in [6.07, 6.45) is -3.95. The Kier molecular flexibility index (Phi) is 3.09. The number of alkyl halides is 3. The second-order valence-corrected chi connectivity index (χ2v) is 3.58. The molecular weight excluding hydrogens is 261 g/mol. The largest absolute Gasteiger partial charge is 0.506 e. The molecule has 0 saturated heterocycles. The van der Waals surface area contributed by atoms with Crippen LogP contribution in [0.4, 0.5) is 13.2 Å². The number of halogens is 4. The maximum atomic E-state index is 12.3. The third kappa shape index (κ3) is 2.03. The van der Waals surface area contributed by atoms with E-state index in [1.165, 1.54) is 6.07 Å². The van der Waals surface area contributed by atoms with Gasteiger partial charge in [-0.05, 0) is 34.0 Å². The van der Waals surface area contributed by atoms with E-state index in [1.54, 1.807) is 6.92 Å². The second-order valence-electron chi connectivity index (χ2n) is 2.79. The average molecular weight is 269 g/mol. The lowest BCUT2D eigenvalue weighted by atomic mass is 10.1. The first-order chi connectivity index (χ1) is 6.38. The quantitative estimate of drug-likeness (QED) is 0.823. The van der Waals surface area contributed by atoms with Crippen molar-refractivity contribution < 1.29 is 18.3 Å². The highest BCUT2D eigenvalue weighted by molar-refractivity contribution is 9.10. The molecule has 1 aromatic carbocycles. The number of phenols is 1. The molecule has 0 unspecified atom stereocenters. The molecule has 0 saturated carbocycles. The molecule has 0 aliphatic carbocycles. The molecule has 0 aromatic heterocycles. The maximum Gasteiger partial charge on any atom is 0.419 e. The Labute approximate surface area is 87.7 Å². The minimum atomic E-state index is -4.52. The lowest BCUT2D eigenvalue weighted by molar-refractivity contribution is -0.138. The van der Waals surface area contributed by atoms with Crippen molar-refractivity contribution in [1.82, 2.24) is 0 Å². The summed E-state index contributed by atoms with van der Waals surface area (Å²) in [4.78, 5) is 0. The Hall–Kier alpha value is -0.710. The van der Waals surface area contributed by atoms with Crippen LogP contribution in [0.15, 0.2) is 16.6 Å². The van der Waals surface area contributed by atoms with Crippen LogP contribution < -0.4 is 0 Å². The molecule has 0 amide bonds. The number of aryl methyl sites for hydroxylation is 1. The molecule has 0 aliphatic rings. The van der Waals surface area contributed by atoms with Gasteiger partial charge in [0.2, 0.25) is 0 Å². The summed E-state index contributed by atoms with van der Waals surface area (Å²) in [5, 5.41) is 9.28. The number of benzene rings is 1. The highest BCUT2D eigenvalue weighted by Gasteiger charge is 2.34. The van der Waals surface area contributed by atoms with Gasteiger partial charge in [0.15, 0.2) is 0 Å². The van der Waals surface area contributed by atoms with Crippen LogP contribution in [0, 0.1) is 0 Å². The SMILES string of the molecule is CCc1ccc(C(F)(F)F)c(O)c1Br. The summed E-state index contributed by atoms with van der Waals surface area (Å²) in [5.74, 6) is -0.739. The molecule has 1 nitrogen and oxygen atoms in total. The van der Waals surface area contributed by atoms with Crippen molar-refractivity contribution in [2.24, 2.45) is 0 Å². The van der Waals surface area contributed by atoms with Crippen LogP contribution in [-0.2, 0) is 12.6 Å². The minimum absolute atomic E-state index is 0.120. The third-order valence-electron chi connectivity index (χ3n) is 1.88. The molecule has 5 heteroatoms. The zero-order valence-corrected chi connectivity index (χ0v) is 8.91. The van der Waals surface area contributed by atoms with Gasteiger partial charge in [-0.15, -0.1) is 0 Å². The Morgan fingerprint density at radius 3 is 2.36 bits per heavy atom. The van der Waals surface area contributed by atoms with E-state index < -0.39 is 17.5 Å². The highest BCUT2D eigenvalue weighted by Crippen LogP contribution is 2.40. The molecular formula is C9H8BrF3O. The minimum Gasteiger partial charge on any atom is -0.506 e. The molecule has 0 heterocycles. The normalized spacial score (nSPS) is 11.8. The van der Waals surface area contributed by atoms with E-state index in [-0.39, 0.29) is 4.47 Å². The van der Waals surface area contributed by atoms with Crippen molar-refractivity contribution in [2.45, 2.75) is 19.5 Å². The van der Waals surface area contributed by atoms with Crippen molar-refractivity contribution in [3.8, 4) is 5.75 Å². The Balaban J connectivity index is 3.31. The summed E-state index contributed by atoms with van der Waals surface area (Å²) < 4.78 is 37.0. The molecule has 14 heavy (non-hydrogen) atoms. The monoisotopic (exact) mass is 268 g/mol. The third-order valence-corrected chi connectivity index (χ3v) is 2.77. The number of phenolic OH excluding ortho intramolecular Hbond substituents is 1. The standard InChI is InChI=1S/C9H8BrF3O/c1-2-5-3-4-6(9(11,12)13)8(14)7(5)10/h3-4,14H,2H2,1H3. The Morgan fingerprint density at radius 1 is 1.36 bits per heavy atom. The molecule has 0 atom stereocenters. The number of hydrogen-bond acceptors (Lipinski definition) is 1. The van der Waals surface area contributed by atoms with Crippen LogP contribution in [0.1, 0.15) is 18.1 Å². The van der Waals surface area contributed by atoms with E-state index in [9.17, 15) is 18.3 Å². The van der Waals surface area contributed by atoms with Crippen molar-refractivity contribution in [1.29, 1.82) is 0 Å². The summed E-state index contributed by atoms with van der Waals surface area (Å²) in [6.45, 7) is 1.80. The van der Waals surface area contributed by atoms with Crippen molar-refractivity contribution in [3.63, 3.8) is 0 Å². The summed E-state index contributed by atoms with van der Waals surface area (Å²) in [6, 6.07) is 2.24. The van der Waals surface area contributed by atoms with Gasteiger partial charge in [-0.3, -0.25) is 0 Å². The Morgan fingerprint density at radius 2 is 1.93 bits per heavy atom. The number of hydrogen-bond donors (Lipinski definition) is 1. The molecule has 0 spiro atoms. The number of rotatable bonds is 1. The zero-order valence-electron chi connectivity index (χ0n) is 7.32. The molecule has 78 valence electrons. The first-order valence-electron chi connectivity index (χ1n) is 3.95. The highest BCUT2D eigenvalue weighted by atomic mass is 79.9. The Bertz CT molecular complexity index is 347. The van der Waals surface area contributed by atoms with E-state index in [1.807, 2.05) is 0 Å². The van der Waals surface area contributed by atoms with Gasteiger partial charge in [0, 0.05) is 0 Å². The van der Waals surface area contributed by atoms with Crippen LogP contribution in [0.5, 0.6) is 5.75 Å². The van der Waals surface area contributed by atoms with Gasteiger partial charge in [-0.25, -0.2) is 0 Å². The van der Waals surface area contributed by atoms with E-state index in [2.05, 4.69) is 15.9 Å².